The number of aliphatic hydroxyl groups is 1. The summed E-state index contributed by atoms with van der Waals surface area (Å²) in [6, 6.07) is 0.793. The molecule has 1 unspecified atom stereocenters. The third-order valence-electron chi connectivity index (χ3n) is 3.33. The summed E-state index contributed by atoms with van der Waals surface area (Å²) in [5, 5.41) is 13.1. The number of rotatable bonds is 8. The first-order valence-corrected chi connectivity index (χ1v) is 6.42. The van der Waals surface area contributed by atoms with Crippen LogP contribution in [0, 0.1) is 5.92 Å². The Morgan fingerprint density at radius 2 is 2.07 bits per heavy atom. The number of likely N-dealkylation sites (N-methyl/N-ethyl adjacent to an activating group) is 1. The third kappa shape index (κ3) is 4.09. The van der Waals surface area contributed by atoms with Crippen LogP contribution in [0.15, 0.2) is 0 Å². The van der Waals surface area contributed by atoms with E-state index < -0.39 is 0 Å². The summed E-state index contributed by atoms with van der Waals surface area (Å²) in [4.78, 5) is 2.51. The van der Waals surface area contributed by atoms with Gasteiger partial charge in [-0.05, 0) is 38.1 Å². The SMILES string of the molecule is CCNCC(O)CN(CC1CC1)C1CC1. The Hall–Kier alpha value is -0.120. The maximum Gasteiger partial charge on any atom is 0.0791 e. The fraction of sp³-hybridized carbons (Fsp3) is 1.00. The van der Waals surface area contributed by atoms with Gasteiger partial charge in [-0.1, -0.05) is 6.92 Å². The summed E-state index contributed by atoms with van der Waals surface area (Å²) in [6.45, 7) is 5.87. The van der Waals surface area contributed by atoms with Crippen LogP contribution in [-0.2, 0) is 0 Å². The molecule has 0 aromatic rings. The predicted molar refractivity (Wildman–Crippen MR) is 61.9 cm³/mol. The van der Waals surface area contributed by atoms with E-state index in [1.165, 1.54) is 32.2 Å². The van der Waals surface area contributed by atoms with Gasteiger partial charge < -0.3 is 10.4 Å². The van der Waals surface area contributed by atoms with Crippen molar-refractivity contribution in [3.63, 3.8) is 0 Å². The molecule has 0 amide bonds. The van der Waals surface area contributed by atoms with E-state index in [4.69, 9.17) is 0 Å². The number of nitrogens with zero attached hydrogens (tertiary/aromatic N) is 1. The molecule has 2 fully saturated rings. The second-order valence-corrected chi connectivity index (χ2v) is 5.09. The summed E-state index contributed by atoms with van der Waals surface area (Å²) in [5.74, 6) is 0.942. The van der Waals surface area contributed by atoms with E-state index >= 15 is 0 Å². The van der Waals surface area contributed by atoms with Gasteiger partial charge >= 0.3 is 0 Å². The lowest BCUT2D eigenvalue weighted by Gasteiger charge is -2.24. The Morgan fingerprint density at radius 3 is 2.60 bits per heavy atom. The van der Waals surface area contributed by atoms with E-state index in [9.17, 15) is 5.11 Å². The van der Waals surface area contributed by atoms with Crippen LogP contribution in [0.4, 0.5) is 0 Å². The maximum absolute atomic E-state index is 9.86. The molecule has 2 saturated carbocycles. The van der Waals surface area contributed by atoms with Crippen molar-refractivity contribution in [1.82, 2.24) is 10.2 Å². The Labute approximate surface area is 92.8 Å². The lowest BCUT2D eigenvalue weighted by Crippen LogP contribution is -2.40. The molecule has 2 rings (SSSR count). The molecule has 3 nitrogen and oxygen atoms in total. The maximum atomic E-state index is 9.86. The molecular weight excluding hydrogens is 188 g/mol. The van der Waals surface area contributed by atoms with Gasteiger partial charge in [0.2, 0.25) is 0 Å². The summed E-state index contributed by atoms with van der Waals surface area (Å²) in [6.07, 6.45) is 5.32. The number of aliphatic hydroxyl groups excluding tert-OH is 1. The Kier molecular flexibility index (Phi) is 4.00. The van der Waals surface area contributed by atoms with Crippen LogP contribution >= 0.6 is 0 Å². The van der Waals surface area contributed by atoms with Gasteiger partial charge in [0.25, 0.3) is 0 Å². The number of nitrogens with one attached hydrogen (secondary N) is 1. The molecule has 0 saturated heterocycles. The van der Waals surface area contributed by atoms with Crippen LogP contribution in [0.5, 0.6) is 0 Å². The van der Waals surface area contributed by atoms with Crippen molar-refractivity contribution in [2.45, 2.75) is 44.8 Å². The van der Waals surface area contributed by atoms with Gasteiger partial charge in [-0.15, -0.1) is 0 Å². The average Bonchev–Trinajstić information content (AvgIpc) is 3.02. The average molecular weight is 212 g/mol. The molecule has 0 spiro atoms. The van der Waals surface area contributed by atoms with Crippen LogP contribution in [-0.4, -0.2) is 48.3 Å². The van der Waals surface area contributed by atoms with Gasteiger partial charge in [0.1, 0.15) is 0 Å². The van der Waals surface area contributed by atoms with Crippen LogP contribution < -0.4 is 5.32 Å². The molecule has 0 bridgehead atoms. The molecular formula is C12H24N2O. The van der Waals surface area contributed by atoms with Crippen molar-refractivity contribution < 1.29 is 5.11 Å². The highest BCUT2D eigenvalue weighted by molar-refractivity contribution is 4.89. The van der Waals surface area contributed by atoms with Crippen LogP contribution in [0.3, 0.4) is 0 Å². The molecule has 15 heavy (non-hydrogen) atoms. The van der Waals surface area contributed by atoms with Crippen molar-refractivity contribution in [3.8, 4) is 0 Å². The van der Waals surface area contributed by atoms with E-state index in [1.54, 1.807) is 0 Å². The molecule has 0 aromatic heterocycles. The third-order valence-corrected chi connectivity index (χ3v) is 3.33. The molecule has 0 heterocycles. The minimum Gasteiger partial charge on any atom is -0.390 e. The lowest BCUT2D eigenvalue weighted by atomic mass is 10.2. The van der Waals surface area contributed by atoms with Crippen LogP contribution in [0.1, 0.15) is 32.6 Å². The van der Waals surface area contributed by atoms with E-state index in [-0.39, 0.29) is 6.10 Å². The minimum absolute atomic E-state index is 0.190. The Bertz CT molecular complexity index is 190. The highest BCUT2D eigenvalue weighted by Crippen LogP contribution is 2.34. The molecule has 0 radical (unpaired) electrons. The summed E-state index contributed by atoms with van der Waals surface area (Å²) in [5.41, 5.74) is 0. The molecule has 1 atom stereocenters. The quantitative estimate of drug-likeness (QED) is 0.625. The van der Waals surface area contributed by atoms with Crippen LogP contribution in [0.25, 0.3) is 0 Å². The molecule has 2 aliphatic carbocycles. The zero-order valence-electron chi connectivity index (χ0n) is 9.78. The fourth-order valence-corrected chi connectivity index (χ4v) is 2.09. The van der Waals surface area contributed by atoms with Gasteiger partial charge in [-0.3, -0.25) is 4.90 Å². The van der Waals surface area contributed by atoms with E-state index in [2.05, 4.69) is 17.1 Å². The topological polar surface area (TPSA) is 35.5 Å². The van der Waals surface area contributed by atoms with Crippen molar-refractivity contribution in [1.29, 1.82) is 0 Å². The second kappa shape index (κ2) is 5.28. The molecule has 2 aliphatic rings. The zero-order valence-corrected chi connectivity index (χ0v) is 9.78. The van der Waals surface area contributed by atoms with Gasteiger partial charge in [0.05, 0.1) is 6.10 Å². The normalized spacial score (nSPS) is 23.4. The standard InChI is InChI=1S/C12H24N2O/c1-2-13-7-12(15)9-14(11-5-6-11)8-10-3-4-10/h10-13,15H,2-9H2,1H3. The highest BCUT2D eigenvalue weighted by Gasteiger charge is 2.34. The highest BCUT2D eigenvalue weighted by atomic mass is 16.3. The Morgan fingerprint density at radius 1 is 1.33 bits per heavy atom. The predicted octanol–water partition coefficient (Wildman–Crippen LogP) is 0.831. The second-order valence-electron chi connectivity index (χ2n) is 5.09. The largest absolute Gasteiger partial charge is 0.390 e. The van der Waals surface area contributed by atoms with Gasteiger partial charge in [-0.2, -0.15) is 0 Å². The number of hydrogen-bond acceptors (Lipinski definition) is 3. The smallest absolute Gasteiger partial charge is 0.0791 e. The number of hydrogen-bond donors (Lipinski definition) is 2. The van der Waals surface area contributed by atoms with Crippen molar-refractivity contribution in [2.75, 3.05) is 26.2 Å². The van der Waals surface area contributed by atoms with E-state index in [0.717, 1.165) is 31.6 Å². The molecule has 0 aliphatic heterocycles. The summed E-state index contributed by atoms with van der Waals surface area (Å²) < 4.78 is 0. The van der Waals surface area contributed by atoms with Crippen molar-refractivity contribution in [3.05, 3.63) is 0 Å². The molecule has 88 valence electrons. The van der Waals surface area contributed by atoms with Crippen molar-refractivity contribution in [2.24, 2.45) is 5.92 Å². The lowest BCUT2D eigenvalue weighted by molar-refractivity contribution is 0.105. The van der Waals surface area contributed by atoms with E-state index in [0.29, 0.717) is 0 Å². The Balaban J connectivity index is 1.67. The first-order chi connectivity index (χ1) is 7.29. The van der Waals surface area contributed by atoms with Crippen LogP contribution in [0.2, 0.25) is 0 Å². The molecule has 2 N–H and O–H groups in total. The molecule has 3 heteroatoms. The summed E-state index contributed by atoms with van der Waals surface area (Å²) >= 11 is 0. The summed E-state index contributed by atoms with van der Waals surface area (Å²) in [7, 11) is 0. The van der Waals surface area contributed by atoms with Gasteiger partial charge in [0.15, 0.2) is 0 Å². The minimum atomic E-state index is -0.190. The first kappa shape index (κ1) is 11.4. The zero-order chi connectivity index (χ0) is 10.7. The first-order valence-electron chi connectivity index (χ1n) is 6.42. The van der Waals surface area contributed by atoms with Gasteiger partial charge in [0, 0.05) is 25.7 Å². The monoisotopic (exact) mass is 212 g/mol. The van der Waals surface area contributed by atoms with Crippen molar-refractivity contribution >= 4 is 0 Å². The van der Waals surface area contributed by atoms with Gasteiger partial charge in [-0.25, -0.2) is 0 Å². The molecule has 0 aromatic carbocycles. The fourth-order valence-electron chi connectivity index (χ4n) is 2.09. The van der Waals surface area contributed by atoms with E-state index in [1.807, 2.05) is 0 Å².